The molecule has 0 spiro atoms. The van der Waals surface area contributed by atoms with E-state index in [9.17, 15) is 13.2 Å². The van der Waals surface area contributed by atoms with Gasteiger partial charge in [-0.05, 0) is 62.2 Å². The summed E-state index contributed by atoms with van der Waals surface area (Å²) >= 11 is 0. The Balaban J connectivity index is 1.92. The average Bonchev–Trinajstić information content (AvgIpc) is 2.80. The van der Waals surface area contributed by atoms with E-state index in [0.29, 0.717) is 6.54 Å². The van der Waals surface area contributed by atoms with E-state index >= 15 is 0 Å². The molecule has 0 fully saturated rings. The van der Waals surface area contributed by atoms with Gasteiger partial charge in [0.25, 0.3) is 0 Å². The standard InChI is InChI=1S/C18H21N3O3S/c1-4-21-16-6-5-14(11-15(16)18(2,3)17(21)22)25(23,24)20-12-13-7-9-19-10-8-13/h5-11,20H,4,12H2,1-3H3. The number of carbonyl (C=O) groups excluding carboxylic acids is 1. The van der Waals surface area contributed by atoms with Crippen molar-refractivity contribution in [1.29, 1.82) is 0 Å². The molecule has 1 aliphatic heterocycles. The molecule has 3 rings (SSSR count). The van der Waals surface area contributed by atoms with Crippen molar-refractivity contribution in [2.45, 2.75) is 37.6 Å². The van der Waals surface area contributed by atoms with Crippen LogP contribution in [0.2, 0.25) is 0 Å². The van der Waals surface area contributed by atoms with E-state index in [1.807, 2.05) is 20.8 Å². The maximum absolute atomic E-state index is 12.6. The summed E-state index contributed by atoms with van der Waals surface area (Å²) in [6, 6.07) is 8.38. The van der Waals surface area contributed by atoms with Crippen molar-refractivity contribution in [2.24, 2.45) is 0 Å². The van der Waals surface area contributed by atoms with Crippen molar-refractivity contribution < 1.29 is 13.2 Å². The van der Waals surface area contributed by atoms with Crippen LogP contribution in [0.1, 0.15) is 31.9 Å². The van der Waals surface area contributed by atoms with E-state index in [-0.39, 0.29) is 17.3 Å². The van der Waals surface area contributed by atoms with Crippen LogP contribution in [0.15, 0.2) is 47.6 Å². The minimum Gasteiger partial charge on any atom is -0.312 e. The number of likely N-dealkylation sites (N-methyl/N-ethyl adjacent to an activating group) is 1. The van der Waals surface area contributed by atoms with Gasteiger partial charge >= 0.3 is 0 Å². The van der Waals surface area contributed by atoms with Crippen LogP contribution in [0.3, 0.4) is 0 Å². The van der Waals surface area contributed by atoms with Crippen LogP contribution in [0.25, 0.3) is 0 Å². The number of benzene rings is 1. The number of nitrogens with zero attached hydrogens (tertiary/aromatic N) is 2. The molecule has 2 heterocycles. The second-order valence-corrected chi connectivity index (χ2v) is 8.30. The van der Waals surface area contributed by atoms with Crippen LogP contribution in [-0.4, -0.2) is 25.9 Å². The van der Waals surface area contributed by atoms with Gasteiger partial charge in [-0.3, -0.25) is 9.78 Å². The van der Waals surface area contributed by atoms with E-state index in [1.54, 1.807) is 47.6 Å². The Bertz CT molecular complexity index is 908. The number of hydrogen-bond acceptors (Lipinski definition) is 4. The molecular formula is C18H21N3O3S. The van der Waals surface area contributed by atoms with E-state index in [4.69, 9.17) is 0 Å². The van der Waals surface area contributed by atoms with Gasteiger partial charge in [-0.15, -0.1) is 0 Å². The number of anilines is 1. The molecular weight excluding hydrogens is 338 g/mol. The molecule has 0 aliphatic carbocycles. The van der Waals surface area contributed by atoms with Crippen molar-refractivity contribution in [1.82, 2.24) is 9.71 Å². The number of sulfonamides is 1. The maximum Gasteiger partial charge on any atom is 0.240 e. The first-order valence-corrected chi connectivity index (χ1v) is 9.60. The summed E-state index contributed by atoms with van der Waals surface area (Å²) in [6.07, 6.45) is 3.24. The molecule has 1 aromatic heterocycles. The summed E-state index contributed by atoms with van der Waals surface area (Å²) in [6.45, 7) is 6.30. The number of pyridine rings is 1. The number of fused-ring (bicyclic) bond motifs is 1. The highest BCUT2D eigenvalue weighted by Crippen LogP contribution is 2.42. The Morgan fingerprint density at radius 2 is 1.84 bits per heavy atom. The van der Waals surface area contributed by atoms with Gasteiger partial charge in [0.05, 0.1) is 10.3 Å². The number of aromatic nitrogens is 1. The lowest BCUT2D eigenvalue weighted by molar-refractivity contribution is -0.122. The lowest BCUT2D eigenvalue weighted by Crippen LogP contribution is -2.35. The number of amides is 1. The van der Waals surface area contributed by atoms with Gasteiger partial charge in [0.2, 0.25) is 15.9 Å². The first-order chi connectivity index (χ1) is 11.8. The third kappa shape index (κ3) is 3.05. The van der Waals surface area contributed by atoms with Gasteiger partial charge < -0.3 is 4.90 Å². The predicted molar refractivity (Wildman–Crippen MR) is 95.8 cm³/mol. The van der Waals surface area contributed by atoms with E-state index in [0.717, 1.165) is 16.8 Å². The largest absolute Gasteiger partial charge is 0.312 e. The van der Waals surface area contributed by atoms with Gasteiger partial charge in [0, 0.05) is 31.2 Å². The topological polar surface area (TPSA) is 79.4 Å². The highest BCUT2D eigenvalue weighted by atomic mass is 32.2. The Labute approximate surface area is 147 Å². The molecule has 1 N–H and O–H groups in total. The summed E-state index contributed by atoms with van der Waals surface area (Å²) in [7, 11) is -3.67. The fourth-order valence-electron chi connectivity index (χ4n) is 3.06. The minimum absolute atomic E-state index is 0.00991. The van der Waals surface area contributed by atoms with Gasteiger partial charge in [0.1, 0.15) is 0 Å². The van der Waals surface area contributed by atoms with Gasteiger partial charge in [-0.25, -0.2) is 13.1 Å². The first-order valence-electron chi connectivity index (χ1n) is 8.12. The first kappa shape index (κ1) is 17.6. The highest BCUT2D eigenvalue weighted by Gasteiger charge is 2.43. The predicted octanol–water partition coefficient (Wildman–Crippen LogP) is 2.20. The van der Waals surface area contributed by atoms with Crippen molar-refractivity contribution in [3.8, 4) is 0 Å². The molecule has 6 nitrogen and oxygen atoms in total. The Kier molecular flexibility index (Phi) is 4.38. The number of nitrogens with one attached hydrogen (secondary N) is 1. The molecule has 132 valence electrons. The zero-order chi connectivity index (χ0) is 18.2. The Morgan fingerprint density at radius 1 is 1.16 bits per heavy atom. The quantitative estimate of drug-likeness (QED) is 0.888. The van der Waals surface area contributed by atoms with Gasteiger partial charge in [0.15, 0.2) is 0 Å². The summed E-state index contributed by atoms with van der Waals surface area (Å²) in [5, 5.41) is 0. The molecule has 1 aromatic carbocycles. The number of hydrogen-bond donors (Lipinski definition) is 1. The molecule has 1 aliphatic rings. The van der Waals surface area contributed by atoms with Crippen LogP contribution in [0, 0.1) is 0 Å². The van der Waals surface area contributed by atoms with Crippen LogP contribution < -0.4 is 9.62 Å². The summed E-state index contributed by atoms with van der Waals surface area (Å²) < 4.78 is 27.8. The molecule has 25 heavy (non-hydrogen) atoms. The smallest absolute Gasteiger partial charge is 0.240 e. The second-order valence-electron chi connectivity index (χ2n) is 6.53. The fourth-order valence-corrected chi connectivity index (χ4v) is 4.10. The lowest BCUT2D eigenvalue weighted by Gasteiger charge is -2.18. The molecule has 1 amide bonds. The molecule has 0 unspecified atom stereocenters. The average molecular weight is 359 g/mol. The molecule has 0 radical (unpaired) electrons. The van der Waals surface area contributed by atoms with E-state index < -0.39 is 15.4 Å². The Hall–Kier alpha value is -2.25. The SMILES string of the molecule is CCN1C(=O)C(C)(C)c2cc(S(=O)(=O)NCc3ccncc3)ccc21. The monoisotopic (exact) mass is 359 g/mol. The highest BCUT2D eigenvalue weighted by molar-refractivity contribution is 7.89. The summed E-state index contributed by atoms with van der Waals surface area (Å²) in [5.74, 6) is -0.00991. The van der Waals surface area contributed by atoms with E-state index in [2.05, 4.69) is 9.71 Å². The minimum atomic E-state index is -3.67. The molecule has 0 atom stereocenters. The zero-order valence-corrected chi connectivity index (χ0v) is 15.3. The number of rotatable bonds is 5. The van der Waals surface area contributed by atoms with Gasteiger partial charge in [-0.2, -0.15) is 0 Å². The third-order valence-corrected chi connectivity index (χ3v) is 5.95. The van der Waals surface area contributed by atoms with Crippen molar-refractivity contribution in [3.63, 3.8) is 0 Å². The zero-order valence-electron chi connectivity index (χ0n) is 14.5. The summed E-state index contributed by atoms with van der Waals surface area (Å²) in [5.41, 5.74) is 1.62. The third-order valence-electron chi connectivity index (χ3n) is 4.55. The van der Waals surface area contributed by atoms with Crippen LogP contribution in [0.4, 0.5) is 5.69 Å². The van der Waals surface area contributed by atoms with Crippen LogP contribution >= 0.6 is 0 Å². The fraction of sp³-hybridized carbons (Fsp3) is 0.333. The Morgan fingerprint density at radius 3 is 2.48 bits per heavy atom. The maximum atomic E-state index is 12.6. The normalized spacial score (nSPS) is 16.1. The van der Waals surface area contributed by atoms with Crippen molar-refractivity contribution in [3.05, 3.63) is 53.9 Å². The molecule has 2 aromatic rings. The second kappa shape index (κ2) is 6.24. The number of carbonyl (C=O) groups is 1. The van der Waals surface area contributed by atoms with Crippen molar-refractivity contribution in [2.75, 3.05) is 11.4 Å². The molecule has 0 bridgehead atoms. The van der Waals surface area contributed by atoms with E-state index in [1.165, 1.54) is 0 Å². The molecule has 0 saturated carbocycles. The molecule has 0 saturated heterocycles. The summed E-state index contributed by atoms with van der Waals surface area (Å²) in [4.78, 5) is 18.3. The van der Waals surface area contributed by atoms with Crippen molar-refractivity contribution >= 4 is 21.6 Å². The lowest BCUT2D eigenvalue weighted by atomic mass is 9.86. The molecule has 7 heteroatoms. The van der Waals surface area contributed by atoms with Crippen LogP contribution in [-0.2, 0) is 26.8 Å². The van der Waals surface area contributed by atoms with Crippen LogP contribution in [0.5, 0.6) is 0 Å². The van der Waals surface area contributed by atoms with Gasteiger partial charge in [-0.1, -0.05) is 0 Å².